The third-order valence-corrected chi connectivity index (χ3v) is 7.33. The van der Waals surface area contributed by atoms with E-state index < -0.39 is 5.97 Å². The smallest absolute Gasteiger partial charge is 0.326 e. The number of aliphatic carboxylic acids is 1. The van der Waals surface area contributed by atoms with Crippen LogP contribution in [0.2, 0.25) is 0 Å². The van der Waals surface area contributed by atoms with Crippen LogP contribution in [0.15, 0.2) is 77.3 Å². The second-order valence-electron chi connectivity index (χ2n) is 9.55. The van der Waals surface area contributed by atoms with Gasteiger partial charge in [-0.2, -0.15) is 0 Å². The van der Waals surface area contributed by atoms with Gasteiger partial charge in [-0.05, 0) is 78.4 Å². The Bertz CT molecular complexity index is 1240. The SMILES string of the molecule is O=C(O)CCNC(=O)c1ccc(N(Cc2ccc(Br)cc2)C(=O)Nc2ccc(C3CCCCC3)cc2)cc1. The summed E-state index contributed by atoms with van der Waals surface area (Å²) in [6.07, 6.45) is 6.16. The van der Waals surface area contributed by atoms with E-state index in [4.69, 9.17) is 5.11 Å². The van der Waals surface area contributed by atoms with E-state index in [-0.39, 0.29) is 24.9 Å². The summed E-state index contributed by atoms with van der Waals surface area (Å²) >= 11 is 3.45. The Morgan fingerprint density at radius 1 is 0.868 bits per heavy atom. The van der Waals surface area contributed by atoms with Gasteiger partial charge < -0.3 is 15.7 Å². The van der Waals surface area contributed by atoms with Gasteiger partial charge in [0.25, 0.3) is 5.91 Å². The molecule has 0 heterocycles. The molecule has 198 valence electrons. The van der Waals surface area contributed by atoms with Crippen molar-refractivity contribution >= 4 is 45.2 Å². The van der Waals surface area contributed by atoms with Crippen LogP contribution in [0.4, 0.5) is 16.2 Å². The molecular formula is C30H32BrN3O4. The third kappa shape index (κ3) is 7.68. The van der Waals surface area contributed by atoms with Crippen molar-refractivity contribution in [2.24, 2.45) is 0 Å². The molecule has 8 heteroatoms. The molecule has 1 fully saturated rings. The van der Waals surface area contributed by atoms with E-state index in [1.807, 2.05) is 36.4 Å². The first-order chi connectivity index (χ1) is 18.4. The fourth-order valence-electron chi connectivity index (χ4n) is 4.70. The minimum absolute atomic E-state index is 0.0492. The lowest BCUT2D eigenvalue weighted by atomic mass is 9.84. The quantitative estimate of drug-likeness (QED) is 0.256. The number of carboxylic acids is 1. The molecule has 0 saturated heterocycles. The summed E-state index contributed by atoms with van der Waals surface area (Å²) in [4.78, 5) is 38.1. The van der Waals surface area contributed by atoms with E-state index in [2.05, 4.69) is 38.7 Å². The lowest BCUT2D eigenvalue weighted by Crippen LogP contribution is -2.34. The van der Waals surface area contributed by atoms with Crippen LogP contribution >= 0.6 is 15.9 Å². The van der Waals surface area contributed by atoms with Gasteiger partial charge in [0.1, 0.15) is 0 Å². The van der Waals surface area contributed by atoms with E-state index in [1.54, 1.807) is 29.2 Å². The van der Waals surface area contributed by atoms with Crippen LogP contribution in [-0.4, -0.2) is 29.6 Å². The molecule has 3 amide bonds. The Labute approximate surface area is 231 Å². The molecule has 0 radical (unpaired) electrons. The van der Waals surface area contributed by atoms with Crippen molar-refractivity contribution in [3.63, 3.8) is 0 Å². The lowest BCUT2D eigenvalue weighted by molar-refractivity contribution is -0.136. The molecule has 3 aromatic carbocycles. The fraction of sp³-hybridized carbons (Fsp3) is 0.300. The highest BCUT2D eigenvalue weighted by Crippen LogP contribution is 2.33. The number of carbonyl (C=O) groups is 3. The predicted molar refractivity (Wildman–Crippen MR) is 153 cm³/mol. The summed E-state index contributed by atoms with van der Waals surface area (Å²) in [6.45, 7) is 0.386. The molecule has 0 bridgehead atoms. The molecule has 0 atom stereocenters. The molecule has 1 saturated carbocycles. The zero-order valence-electron chi connectivity index (χ0n) is 21.2. The topological polar surface area (TPSA) is 98.7 Å². The number of hydrogen-bond donors (Lipinski definition) is 3. The monoisotopic (exact) mass is 577 g/mol. The highest BCUT2D eigenvalue weighted by molar-refractivity contribution is 9.10. The van der Waals surface area contributed by atoms with Gasteiger partial charge in [0.15, 0.2) is 0 Å². The van der Waals surface area contributed by atoms with E-state index in [1.165, 1.54) is 37.7 Å². The maximum atomic E-state index is 13.5. The van der Waals surface area contributed by atoms with Gasteiger partial charge in [-0.3, -0.25) is 14.5 Å². The predicted octanol–water partition coefficient (Wildman–Crippen LogP) is 6.94. The molecule has 0 aromatic heterocycles. The number of urea groups is 1. The number of carboxylic acid groups (broad SMARTS) is 1. The van der Waals surface area contributed by atoms with E-state index in [0.29, 0.717) is 23.7 Å². The van der Waals surface area contributed by atoms with Gasteiger partial charge >= 0.3 is 12.0 Å². The highest BCUT2D eigenvalue weighted by Gasteiger charge is 2.19. The van der Waals surface area contributed by atoms with Gasteiger partial charge in [-0.25, -0.2) is 4.79 Å². The molecule has 1 aliphatic rings. The first kappa shape index (κ1) is 27.4. The molecule has 7 nitrogen and oxygen atoms in total. The van der Waals surface area contributed by atoms with Crippen LogP contribution in [0.1, 0.15) is 65.9 Å². The van der Waals surface area contributed by atoms with Crippen LogP contribution < -0.4 is 15.5 Å². The number of hydrogen-bond acceptors (Lipinski definition) is 3. The number of anilines is 2. The van der Waals surface area contributed by atoms with Crippen molar-refractivity contribution in [3.8, 4) is 0 Å². The number of carbonyl (C=O) groups excluding carboxylic acids is 2. The number of benzene rings is 3. The summed E-state index contributed by atoms with van der Waals surface area (Å²) in [7, 11) is 0. The zero-order chi connectivity index (χ0) is 26.9. The highest BCUT2D eigenvalue weighted by atomic mass is 79.9. The maximum Gasteiger partial charge on any atom is 0.326 e. The molecule has 4 rings (SSSR count). The van der Waals surface area contributed by atoms with Crippen LogP contribution in [0.25, 0.3) is 0 Å². The second-order valence-corrected chi connectivity index (χ2v) is 10.5. The van der Waals surface area contributed by atoms with Gasteiger partial charge in [-0.1, -0.05) is 59.5 Å². The lowest BCUT2D eigenvalue weighted by Gasteiger charge is -2.24. The Hall–Kier alpha value is -3.65. The van der Waals surface area contributed by atoms with Crippen molar-refractivity contribution in [2.45, 2.75) is 51.0 Å². The molecule has 3 aromatic rings. The first-order valence-corrected chi connectivity index (χ1v) is 13.7. The number of nitrogens with one attached hydrogen (secondary N) is 2. The van der Waals surface area contributed by atoms with E-state index in [0.717, 1.165) is 15.7 Å². The Morgan fingerprint density at radius 3 is 2.16 bits per heavy atom. The van der Waals surface area contributed by atoms with Crippen molar-refractivity contribution in [1.82, 2.24) is 5.32 Å². The van der Waals surface area contributed by atoms with Crippen LogP contribution in [0, 0.1) is 0 Å². The van der Waals surface area contributed by atoms with Crippen LogP contribution in [0.3, 0.4) is 0 Å². The minimum Gasteiger partial charge on any atom is -0.481 e. The van der Waals surface area contributed by atoms with Crippen molar-refractivity contribution in [2.75, 3.05) is 16.8 Å². The van der Waals surface area contributed by atoms with Crippen LogP contribution in [0.5, 0.6) is 0 Å². The van der Waals surface area contributed by atoms with Gasteiger partial charge in [0.05, 0.1) is 13.0 Å². The number of nitrogens with zero attached hydrogens (tertiary/aromatic N) is 1. The maximum absolute atomic E-state index is 13.5. The third-order valence-electron chi connectivity index (χ3n) is 6.80. The van der Waals surface area contributed by atoms with Crippen molar-refractivity contribution < 1.29 is 19.5 Å². The summed E-state index contributed by atoms with van der Waals surface area (Å²) < 4.78 is 0.952. The first-order valence-electron chi connectivity index (χ1n) is 12.9. The second kappa shape index (κ2) is 13.2. The average Bonchev–Trinajstić information content (AvgIpc) is 2.93. The van der Waals surface area contributed by atoms with Crippen LogP contribution in [-0.2, 0) is 11.3 Å². The molecule has 3 N–H and O–H groups in total. The summed E-state index contributed by atoms with van der Waals surface area (Å²) in [5.74, 6) is -0.735. The molecule has 0 unspecified atom stereocenters. The van der Waals surface area contributed by atoms with Gasteiger partial charge in [-0.15, -0.1) is 0 Å². The normalized spacial score (nSPS) is 13.5. The number of rotatable bonds is 9. The zero-order valence-corrected chi connectivity index (χ0v) is 22.7. The molecule has 0 aliphatic heterocycles. The van der Waals surface area contributed by atoms with E-state index >= 15 is 0 Å². The Kier molecular flexibility index (Phi) is 9.54. The van der Waals surface area contributed by atoms with Gasteiger partial charge in [0.2, 0.25) is 0 Å². The fourth-order valence-corrected chi connectivity index (χ4v) is 4.96. The summed E-state index contributed by atoms with van der Waals surface area (Å²) in [5.41, 5.74) is 4.02. The number of halogens is 1. The molecule has 0 spiro atoms. The number of amides is 3. The Balaban J connectivity index is 1.49. The van der Waals surface area contributed by atoms with E-state index in [9.17, 15) is 14.4 Å². The summed E-state index contributed by atoms with van der Waals surface area (Å²) in [6, 6.07) is 22.3. The standard InChI is InChI=1S/C30H32BrN3O4/c31-25-12-6-21(7-13-25)20-34(27-16-10-24(11-17-27)29(37)32-19-18-28(35)36)30(38)33-26-14-8-23(9-15-26)22-4-2-1-3-5-22/h6-17,22H,1-5,18-20H2,(H,32,37)(H,33,38)(H,35,36). The molecule has 38 heavy (non-hydrogen) atoms. The minimum atomic E-state index is -0.973. The average molecular weight is 579 g/mol. The summed E-state index contributed by atoms with van der Waals surface area (Å²) in [5, 5.41) is 14.4. The van der Waals surface area contributed by atoms with Crippen molar-refractivity contribution in [1.29, 1.82) is 0 Å². The molecular weight excluding hydrogens is 546 g/mol. The van der Waals surface area contributed by atoms with Crippen molar-refractivity contribution in [3.05, 3.63) is 94.0 Å². The Morgan fingerprint density at radius 2 is 1.53 bits per heavy atom. The molecule has 1 aliphatic carbocycles. The largest absolute Gasteiger partial charge is 0.481 e. The van der Waals surface area contributed by atoms with Gasteiger partial charge in [0, 0.05) is 28.0 Å².